The van der Waals surface area contributed by atoms with Crippen molar-refractivity contribution in [3.05, 3.63) is 29.3 Å². The molecule has 0 aliphatic carbocycles. The van der Waals surface area contributed by atoms with Crippen molar-refractivity contribution in [2.45, 2.75) is 32.9 Å². The molecule has 2 rings (SSSR count). The highest BCUT2D eigenvalue weighted by Crippen LogP contribution is 2.25. The molecule has 6 nitrogen and oxygen atoms in total. The van der Waals surface area contributed by atoms with E-state index in [1.54, 1.807) is 26.0 Å². The summed E-state index contributed by atoms with van der Waals surface area (Å²) in [5, 5.41) is 21.5. The van der Waals surface area contributed by atoms with Crippen LogP contribution in [0.15, 0.2) is 18.2 Å². The maximum Gasteiger partial charge on any atom is 0.492 e. The highest BCUT2D eigenvalue weighted by atomic mass is 16.5. The molecule has 0 radical (unpaired) electrons. The largest absolute Gasteiger partial charge is 0.492 e. The average Bonchev–Trinajstić information content (AvgIpc) is 2.74. The molecule has 1 aromatic carbocycles. The van der Waals surface area contributed by atoms with Crippen molar-refractivity contribution in [1.82, 2.24) is 5.32 Å². The standard InChI is InChI=1S/C14H18BNO5/c1-7(2)11(14(18)19)16-13(17)12-9-6-4-5-8(3)10(9)15(20)21-12/h4-7,11-12,20H,1-3H3,(H,16,17)(H,18,19). The number of benzene rings is 1. The van der Waals surface area contributed by atoms with Crippen molar-refractivity contribution >= 4 is 24.5 Å². The van der Waals surface area contributed by atoms with E-state index in [9.17, 15) is 14.6 Å². The zero-order chi connectivity index (χ0) is 15.7. The first-order chi connectivity index (χ1) is 9.82. The number of rotatable bonds is 4. The molecule has 0 saturated carbocycles. The molecule has 1 aliphatic heterocycles. The Balaban J connectivity index is 2.23. The zero-order valence-electron chi connectivity index (χ0n) is 12.2. The van der Waals surface area contributed by atoms with Crippen molar-refractivity contribution in [2.75, 3.05) is 0 Å². The number of carboxylic acids is 1. The maximum absolute atomic E-state index is 12.3. The molecule has 21 heavy (non-hydrogen) atoms. The van der Waals surface area contributed by atoms with Gasteiger partial charge in [-0.25, -0.2) is 4.79 Å². The van der Waals surface area contributed by atoms with Crippen molar-refractivity contribution in [3.63, 3.8) is 0 Å². The van der Waals surface area contributed by atoms with Gasteiger partial charge in [-0.1, -0.05) is 37.6 Å². The molecule has 1 heterocycles. The van der Waals surface area contributed by atoms with Gasteiger partial charge in [-0.3, -0.25) is 4.79 Å². The highest BCUT2D eigenvalue weighted by molar-refractivity contribution is 6.62. The SMILES string of the molecule is Cc1cccc2c1B(O)OC2C(=O)NC(C(=O)O)C(C)C. The first-order valence-electron chi connectivity index (χ1n) is 6.79. The van der Waals surface area contributed by atoms with Gasteiger partial charge < -0.3 is 20.1 Å². The molecule has 2 unspecified atom stereocenters. The van der Waals surface area contributed by atoms with Crippen LogP contribution >= 0.6 is 0 Å². The van der Waals surface area contributed by atoms with Crippen LogP contribution in [0.4, 0.5) is 0 Å². The fourth-order valence-electron chi connectivity index (χ4n) is 2.49. The number of amides is 1. The summed E-state index contributed by atoms with van der Waals surface area (Å²) >= 11 is 0. The van der Waals surface area contributed by atoms with Crippen LogP contribution in [0.1, 0.15) is 31.1 Å². The molecule has 1 aliphatic rings. The molecule has 0 spiro atoms. The second-order valence-corrected chi connectivity index (χ2v) is 5.51. The Bertz CT molecular complexity index is 574. The molecule has 0 bridgehead atoms. The quantitative estimate of drug-likeness (QED) is 0.678. The summed E-state index contributed by atoms with van der Waals surface area (Å²) < 4.78 is 5.29. The van der Waals surface area contributed by atoms with Gasteiger partial charge in [0.2, 0.25) is 0 Å². The number of carbonyl (C=O) groups is 2. The lowest BCUT2D eigenvalue weighted by Gasteiger charge is -2.20. The molecule has 3 N–H and O–H groups in total. The number of hydrogen-bond donors (Lipinski definition) is 3. The molecule has 1 amide bonds. The predicted octanol–water partition coefficient (Wildman–Crippen LogP) is -0.0208. The molecule has 1 aromatic rings. The second-order valence-electron chi connectivity index (χ2n) is 5.51. The second kappa shape index (κ2) is 5.87. The summed E-state index contributed by atoms with van der Waals surface area (Å²) in [5.41, 5.74) is 1.98. The van der Waals surface area contributed by atoms with Crippen LogP contribution in [0.2, 0.25) is 0 Å². The van der Waals surface area contributed by atoms with Crippen LogP contribution in [-0.4, -0.2) is 35.2 Å². The summed E-state index contributed by atoms with van der Waals surface area (Å²) in [6.45, 7) is 5.24. The van der Waals surface area contributed by atoms with E-state index in [1.165, 1.54) is 0 Å². The van der Waals surface area contributed by atoms with E-state index >= 15 is 0 Å². The Kier molecular flexibility index (Phi) is 4.34. The summed E-state index contributed by atoms with van der Waals surface area (Å²) in [7, 11) is -1.17. The minimum atomic E-state index is -1.17. The maximum atomic E-state index is 12.3. The number of nitrogens with one attached hydrogen (secondary N) is 1. The van der Waals surface area contributed by atoms with Crippen molar-refractivity contribution in [1.29, 1.82) is 0 Å². The fourth-order valence-corrected chi connectivity index (χ4v) is 2.49. The van der Waals surface area contributed by atoms with Crippen LogP contribution < -0.4 is 10.8 Å². The summed E-state index contributed by atoms with van der Waals surface area (Å²) in [6.07, 6.45) is -0.990. The Labute approximate surface area is 123 Å². The Morgan fingerprint density at radius 3 is 2.62 bits per heavy atom. The molecule has 7 heteroatoms. The lowest BCUT2D eigenvalue weighted by Crippen LogP contribution is -2.46. The van der Waals surface area contributed by atoms with Gasteiger partial charge in [-0.2, -0.15) is 0 Å². The van der Waals surface area contributed by atoms with Crippen molar-refractivity contribution < 1.29 is 24.4 Å². The number of fused-ring (bicyclic) bond motifs is 1. The van der Waals surface area contributed by atoms with Gasteiger partial charge in [-0.05, 0) is 23.9 Å². The van der Waals surface area contributed by atoms with E-state index in [-0.39, 0.29) is 5.92 Å². The normalized spacial score (nSPS) is 18.5. The van der Waals surface area contributed by atoms with Gasteiger partial charge in [-0.15, -0.1) is 0 Å². The third kappa shape index (κ3) is 2.93. The lowest BCUT2D eigenvalue weighted by molar-refractivity contribution is -0.144. The van der Waals surface area contributed by atoms with Crippen LogP contribution in [0.3, 0.4) is 0 Å². The van der Waals surface area contributed by atoms with Crippen LogP contribution in [-0.2, 0) is 14.2 Å². The molecular weight excluding hydrogens is 273 g/mol. The van der Waals surface area contributed by atoms with Crippen molar-refractivity contribution in [3.8, 4) is 0 Å². The first kappa shape index (κ1) is 15.5. The third-order valence-corrected chi connectivity index (χ3v) is 3.62. The minimum Gasteiger partial charge on any atom is -0.480 e. The molecule has 0 saturated heterocycles. The van der Waals surface area contributed by atoms with Gasteiger partial charge in [0.1, 0.15) is 12.1 Å². The fraction of sp³-hybridized carbons (Fsp3) is 0.429. The number of aryl methyl sites for hydroxylation is 1. The molecular formula is C14H18BNO5. The van der Waals surface area contributed by atoms with Gasteiger partial charge in [0.25, 0.3) is 5.91 Å². The molecule has 0 aromatic heterocycles. The Morgan fingerprint density at radius 1 is 1.38 bits per heavy atom. The van der Waals surface area contributed by atoms with Gasteiger partial charge >= 0.3 is 13.1 Å². The number of aliphatic carboxylic acids is 1. The van der Waals surface area contributed by atoms with Crippen LogP contribution in [0.5, 0.6) is 0 Å². The van der Waals surface area contributed by atoms with E-state index in [0.29, 0.717) is 11.0 Å². The predicted molar refractivity (Wildman–Crippen MR) is 77.0 cm³/mol. The van der Waals surface area contributed by atoms with E-state index in [2.05, 4.69) is 5.32 Å². The van der Waals surface area contributed by atoms with Crippen LogP contribution in [0.25, 0.3) is 0 Å². The molecule has 0 fully saturated rings. The van der Waals surface area contributed by atoms with Crippen molar-refractivity contribution in [2.24, 2.45) is 5.92 Å². The summed E-state index contributed by atoms with van der Waals surface area (Å²) in [6, 6.07) is 4.30. The lowest BCUT2D eigenvalue weighted by atomic mass is 9.76. The smallest absolute Gasteiger partial charge is 0.480 e. The molecule has 112 valence electrons. The first-order valence-corrected chi connectivity index (χ1v) is 6.79. The van der Waals surface area contributed by atoms with Gasteiger partial charge in [0, 0.05) is 0 Å². The topological polar surface area (TPSA) is 95.9 Å². The number of carboxylic acid groups (broad SMARTS) is 1. The Hall–Kier alpha value is -1.86. The number of carbonyl (C=O) groups excluding carboxylic acids is 1. The third-order valence-electron chi connectivity index (χ3n) is 3.62. The van der Waals surface area contributed by atoms with Crippen LogP contribution in [0, 0.1) is 12.8 Å². The average molecular weight is 291 g/mol. The van der Waals surface area contributed by atoms with Gasteiger partial charge in [0.15, 0.2) is 0 Å². The number of hydrogen-bond acceptors (Lipinski definition) is 4. The van der Waals surface area contributed by atoms with E-state index in [4.69, 9.17) is 9.76 Å². The minimum absolute atomic E-state index is 0.255. The van der Waals surface area contributed by atoms with E-state index in [1.807, 2.05) is 13.0 Å². The van der Waals surface area contributed by atoms with E-state index < -0.39 is 31.1 Å². The van der Waals surface area contributed by atoms with Gasteiger partial charge in [0.05, 0.1) is 0 Å². The van der Waals surface area contributed by atoms with E-state index in [0.717, 1.165) is 5.56 Å². The summed E-state index contributed by atoms with van der Waals surface area (Å²) in [5.74, 6) is -1.91. The highest BCUT2D eigenvalue weighted by Gasteiger charge is 2.41. The zero-order valence-corrected chi connectivity index (χ0v) is 12.2. The molecule has 2 atom stereocenters. The summed E-state index contributed by atoms with van der Waals surface area (Å²) in [4.78, 5) is 23.4. The monoisotopic (exact) mass is 291 g/mol. The Morgan fingerprint density at radius 2 is 2.05 bits per heavy atom.